The average Bonchev–Trinajstić information content (AvgIpc) is 1.84. The molecule has 0 rings (SSSR count). The van der Waals surface area contributed by atoms with Gasteiger partial charge in [0, 0.05) is 5.92 Å². The smallest absolute Gasteiger partial charge is 0.202 e. The number of alkyl halides is 2. The third kappa shape index (κ3) is 4.12. The Labute approximate surface area is 67.3 Å². The van der Waals surface area contributed by atoms with Gasteiger partial charge in [0.25, 0.3) is 5.92 Å². The van der Waals surface area contributed by atoms with Crippen molar-refractivity contribution in [2.24, 2.45) is 11.8 Å². The standard InChI is InChI=1S/C9H16F2/c1-7(2)5-6-9(10,11)8(3)4/h5-8H,1-4H3/b6-5+. The van der Waals surface area contributed by atoms with E-state index in [1.165, 1.54) is 13.8 Å². The van der Waals surface area contributed by atoms with Crippen LogP contribution in [0.25, 0.3) is 0 Å². The molecule has 0 aliphatic heterocycles. The second kappa shape index (κ2) is 3.84. The molecule has 0 aliphatic carbocycles. The van der Waals surface area contributed by atoms with Crippen LogP contribution in [0.3, 0.4) is 0 Å². The molecule has 0 nitrogen and oxygen atoms in total. The highest BCUT2D eigenvalue weighted by molar-refractivity contribution is 4.97. The highest BCUT2D eigenvalue weighted by Gasteiger charge is 2.29. The van der Waals surface area contributed by atoms with Crippen molar-refractivity contribution >= 4 is 0 Å². The van der Waals surface area contributed by atoms with Crippen molar-refractivity contribution in [3.63, 3.8) is 0 Å². The Balaban J connectivity index is 4.11. The number of allylic oxidation sites excluding steroid dienone is 2. The highest BCUT2D eigenvalue weighted by atomic mass is 19.3. The molecule has 66 valence electrons. The monoisotopic (exact) mass is 162 g/mol. The van der Waals surface area contributed by atoms with Gasteiger partial charge in [-0.2, -0.15) is 0 Å². The van der Waals surface area contributed by atoms with Crippen LogP contribution in [0.4, 0.5) is 8.78 Å². The lowest BCUT2D eigenvalue weighted by Crippen LogP contribution is -2.20. The molecule has 2 heteroatoms. The zero-order chi connectivity index (χ0) is 9.07. The molecule has 0 saturated carbocycles. The van der Waals surface area contributed by atoms with E-state index >= 15 is 0 Å². The lowest BCUT2D eigenvalue weighted by atomic mass is 10.0. The van der Waals surface area contributed by atoms with Crippen LogP contribution in [0, 0.1) is 11.8 Å². The first kappa shape index (κ1) is 10.6. The largest absolute Gasteiger partial charge is 0.268 e. The summed E-state index contributed by atoms with van der Waals surface area (Å²) < 4.78 is 25.6. The predicted molar refractivity (Wildman–Crippen MR) is 43.8 cm³/mol. The van der Waals surface area contributed by atoms with E-state index in [4.69, 9.17) is 0 Å². The quantitative estimate of drug-likeness (QED) is 0.557. The van der Waals surface area contributed by atoms with Gasteiger partial charge in [0.15, 0.2) is 0 Å². The maximum atomic E-state index is 12.8. The van der Waals surface area contributed by atoms with Crippen LogP contribution in [0.15, 0.2) is 12.2 Å². The van der Waals surface area contributed by atoms with Crippen LogP contribution in [0.5, 0.6) is 0 Å². The number of halogens is 2. The summed E-state index contributed by atoms with van der Waals surface area (Å²) in [7, 11) is 0. The van der Waals surface area contributed by atoms with Crippen molar-refractivity contribution in [3.05, 3.63) is 12.2 Å². The maximum Gasteiger partial charge on any atom is 0.268 e. The number of hydrogen-bond acceptors (Lipinski definition) is 0. The third-order valence-corrected chi connectivity index (χ3v) is 1.47. The maximum absolute atomic E-state index is 12.8. The summed E-state index contributed by atoms with van der Waals surface area (Å²) in [5.74, 6) is -3.07. The van der Waals surface area contributed by atoms with E-state index < -0.39 is 11.8 Å². The molecule has 0 unspecified atom stereocenters. The minimum Gasteiger partial charge on any atom is -0.202 e. The third-order valence-electron chi connectivity index (χ3n) is 1.47. The second-order valence-corrected chi connectivity index (χ2v) is 3.43. The molecular weight excluding hydrogens is 146 g/mol. The van der Waals surface area contributed by atoms with Gasteiger partial charge in [0.2, 0.25) is 0 Å². The van der Waals surface area contributed by atoms with Gasteiger partial charge in [0.1, 0.15) is 0 Å². The molecule has 0 aromatic heterocycles. The molecule has 11 heavy (non-hydrogen) atoms. The lowest BCUT2D eigenvalue weighted by Gasteiger charge is -2.15. The Kier molecular flexibility index (Phi) is 3.70. The minimum absolute atomic E-state index is 0.194. The van der Waals surface area contributed by atoms with E-state index in [1.807, 2.05) is 13.8 Å². The fourth-order valence-corrected chi connectivity index (χ4v) is 0.513. The van der Waals surface area contributed by atoms with Crippen LogP contribution < -0.4 is 0 Å². The number of hydrogen-bond donors (Lipinski definition) is 0. The summed E-state index contributed by atoms with van der Waals surface area (Å²) in [5, 5.41) is 0. The molecule has 0 N–H and O–H groups in total. The van der Waals surface area contributed by atoms with Crippen molar-refractivity contribution in [1.82, 2.24) is 0 Å². The molecule has 0 aliphatic rings. The first-order valence-corrected chi connectivity index (χ1v) is 3.93. The predicted octanol–water partition coefficient (Wildman–Crippen LogP) is 3.49. The van der Waals surface area contributed by atoms with E-state index in [0.29, 0.717) is 0 Å². The van der Waals surface area contributed by atoms with E-state index in [0.717, 1.165) is 6.08 Å². The van der Waals surface area contributed by atoms with Gasteiger partial charge in [-0.15, -0.1) is 0 Å². The van der Waals surface area contributed by atoms with Crippen LogP contribution in [0.1, 0.15) is 27.7 Å². The minimum atomic E-state index is -2.65. The molecule has 0 heterocycles. The van der Waals surface area contributed by atoms with E-state index in [2.05, 4.69) is 0 Å². The van der Waals surface area contributed by atoms with Gasteiger partial charge < -0.3 is 0 Å². The van der Waals surface area contributed by atoms with Crippen molar-refractivity contribution in [3.8, 4) is 0 Å². The average molecular weight is 162 g/mol. The van der Waals surface area contributed by atoms with Gasteiger partial charge in [-0.05, 0) is 12.0 Å². The van der Waals surface area contributed by atoms with E-state index in [-0.39, 0.29) is 5.92 Å². The molecule has 0 atom stereocenters. The highest BCUT2D eigenvalue weighted by Crippen LogP contribution is 2.25. The Hall–Kier alpha value is -0.400. The number of rotatable bonds is 3. The normalized spacial score (nSPS) is 13.8. The molecule has 0 aromatic rings. The summed E-state index contributed by atoms with van der Waals surface area (Å²) >= 11 is 0. The van der Waals surface area contributed by atoms with Crippen LogP contribution in [-0.4, -0.2) is 5.92 Å². The van der Waals surface area contributed by atoms with E-state index in [9.17, 15) is 8.78 Å². The zero-order valence-electron chi connectivity index (χ0n) is 7.57. The summed E-state index contributed by atoms with van der Waals surface area (Å²) in [6.07, 6.45) is 2.54. The molecule has 0 saturated heterocycles. The summed E-state index contributed by atoms with van der Waals surface area (Å²) in [6.45, 7) is 6.80. The first-order chi connectivity index (χ1) is 4.86. The lowest BCUT2D eigenvalue weighted by molar-refractivity contribution is 0.00583. The summed E-state index contributed by atoms with van der Waals surface area (Å²) in [6, 6.07) is 0. The summed E-state index contributed by atoms with van der Waals surface area (Å²) in [5.41, 5.74) is 0. The van der Waals surface area contributed by atoms with Gasteiger partial charge in [-0.1, -0.05) is 33.8 Å². The topological polar surface area (TPSA) is 0 Å². The molecular formula is C9H16F2. The molecule has 0 bridgehead atoms. The summed E-state index contributed by atoms with van der Waals surface area (Å²) in [4.78, 5) is 0. The molecule has 0 aromatic carbocycles. The van der Waals surface area contributed by atoms with Gasteiger partial charge in [-0.3, -0.25) is 0 Å². The van der Waals surface area contributed by atoms with Gasteiger partial charge in [0.05, 0.1) is 0 Å². The van der Waals surface area contributed by atoms with Crippen LogP contribution in [0.2, 0.25) is 0 Å². The Morgan fingerprint density at radius 1 is 1.09 bits per heavy atom. The van der Waals surface area contributed by atoms with E-state index in [1.54, 1.807) is 6.08 Å². The second-order valence-electron chi connectivity index (χ2n) is 3.43. The molecule has 0 amide bonds. The van der Waals surface area contributed by atoms with Crippen LogP contribution >= 0.6 is 0 Å². The zero-order valence-corrected chi connectivity index (χ0v) is 7.57. The molecule has 0 radical (unpaired) electrons. The SMILES string of the molecule is CC(C)/C=C/C(F)(F)C(C)C. The van der Waals surface area contributed by atoms with Crippen molar-refractivity contribution in [1.29, 1.82) is 0 Å². The van der Waals surface area contributed by atoms with Gasteiger partial charge >= 0.3 is 0 Å². The fourth-order valence-electron chi connectivity index (χ4n) is 0.513. The van der Waals surface area contributed by atoms with Crippen molar-refractivity contribution in [2.75, 3.05) is 0 Å². The molecule has 0 spiro atoms. The Bertz CT molecular complexity index is 134. The van der Waals surface area contributed by atoms with Crippen LogP contribution in [-0.2, 0) is 0 Å². The molecule has 0 fully saturated rings. The Morgan fingerprint density at radius 2 is 1.55 bits per heavy atom. The fraction of sp³-hybridized carbons (Fsp3) is 0.778. The Morgan fingerprint density at radius 3 is 1.82 bits per heavy atom. The first-order valence-electron chi connectivity index (χ1n) is 3.93. The van der Waals surface area contributed by atoms with Crippen molar-refractivity contribution in [2.45, 2.75) is 33.6 Å². The van der Waals surface area contributed by atoms with Gasteiger partial charge in [-0.25, -0.2) is 8.78 Å². The van der Waals surface area contributed by atoms with Crippen molar-refractivity contribution < 1.29 is 8.78 Å².